The number of ether oxygens (including phenoxy) is 1. The number of hydrogen-bond donors (Lipinski definition) is 3. The summed E-state index contributed by atoms with van der Waals surface area (Å²) < 4.78 is 6.71. The number of aliphatic hydroxyl groups is 1. The van der Waals surface area contributed by atoms with Crippen LogP contribution >= 0.6 is 12.4 Å². The zero-order chi connectivity index (χ0) is 25.7. The molecule has 1 aromatic carbocycles. The van der Waals surface area contributed by atoms with Crippen LogP contribution in [0.2, 0.25) is 0 Å². The molecule has 4 heterocycles. The summed E-state index contributed by atoms with van der Waals surface area (Å²) in [4.78, 5) is 41.3. The molecule has 0 radical (unpaired) electrons. The molecule has 2 aromatic heterocycles. The Morgan fingerprint density at radius 3 is 2.53 bits per heavy atom. The van der Waals surface area contributed by atoms with E-state index in [4.69, 9.17) is 19.6 Å². The number of phenolic OH excluding ortho intramolecular Hbond substituents is 1. The summed E-state index contributed by atoms with van der Waals surface area (Å²) in [5.41, 5.74) is 2.03. The average Bonchev–Trinajstić information content (AvgIpc) is 3.15. The first-order valence-electron chi connectivity index (χ1n) is 11.1. The SMILES string of the molecule is CC(=O)O.CC[C@@]1(O)C(=O)OCc2c1cc1n(c2=O)Cc2cc3c(CN(C)C)c(O)ccc3nc2-1.Cl. The number of esters is 1. The van der Waals surface area contributed by atoms with Gasteiger partial charge in [-0.15, -0.1) is 12.4 Å². The number of carboxylic acids is 1. The molecule has 0 bridgehead atoms. The van der Waals surface area contributed by atoms with Gasteiger partial charge < -0.3 is 29.5 Å². The van der Waals surface area contributed by atoms with Crippen LogP contribution in [0.4, 0.5) is 0 Å². The lowest BCUT2D eigenvalue weighted by atomic mass is 9.86. The van der Waals surface area contributed by atoms with E-state index in [2.05, 4.69) is 0 Å². The minimum Gasteiger partial charge on any atom is -0.508 e. The fourth-order valence-corrected chi connectivity index (χ4v) is 4.58. The largest absolute Gasteiger partial charge is 0.508 e. The van der Waals surface area contributed by atoms with E-state index in [9.17, 15) is 19.8 Å². The second-order valence-corrected chi connectivity index (χ2v) is 8.99. The lowest BCUT2D eigenvalue weighted by molar-refractivity contribution is -0.172. The first-order valence-corrected chi connectivity index (χ1v) is 11.1. The maximum absolute atomic E-state index is 13.2. The van der Waals surface area contributed by atoms with Crippen LogP contribution in [0.3, 0.4) is 0 Å². The molecule has 192 valence electrons. The van der Waals surface area contributed by atoms with Crippen molar-refractivity contribution in [1.82, 2.24) is 14.5 Å². The Hall–Kier alpha value is -3.47. The molecule has 0 saturated heterocycles. The smallest absolute Gasteiger partial charge is 0.343 e. The van der Waals surface area contributed by atoms with Crippen molar-refractivity contribution in [2.75, 3.05) is 14.1 Å². The van der Waals surface area contributed by atoms with Crippen molar-refractivity contribution in [2.24, 2.45) is 0 Å². The Morgan fingerprint density at radius 2 is 1.92 bits per heavy atom. The molecular formula is C25H28ClN3O7. The normalized spacial score (nSPS) is 17.3. The van der Waals surface area contributed by atoms with E-state index in [1.165, 1.54) is 0 Å². The molecule has 10 nitrogen and oxygen atoms in total. The standard InChI is InChI=1S/C23H23N3O5.C2H4O2.ClH/c1-4-23(30)16-8-18-20-12(9-26(18)21(28)15(16)11-31-22(23)29)7-13-14(10-25(2)3)19(27)6-5-17(13)24-20;1-2(3)4;/h5-8,27,30H,4,9-11H2,1-3H3;1H3,(H,3,4);1H/t23-;;/m0../s1. The van der Waals surface area contributed by atoms with Crippen molar-refractivity contribution < 1.29 is 29.6 Å². The number of aliphatic carboxylic acids is 1. The van der Waals surface area contributed by atoms with E-state index in [-0.39, 0.29) is 36.7 Å². The summed E-state index contributed by atoms with van der Waals surface area (Å²) in [5.74, 6) is -1.37. The fraction of sp³-hybridized carbons (Fsp3) is 0.360. The quantitative estimate of drug-likeness (QED) is 0.349. The van der Waals surface area contributed by atoms with E-state index in [1.54, 1.807) is 29.7 Å². The second kappa shape index (κ2) is 9.88. The number of phenols is 1. The number of halogens is 1. The molecule has 0 amide bonds. The summed E-state index contributed by atoms with van der Waals surface area (Å²) in [6, 6.07) is 7.05. The number of rotatable bonds is 3. The zero-order valence-electron chi connectivity index (χ0n) is 20.4. The number of fused-ring (bicyclic) bond motifs is 5. The molecule has 2 aliphatic heterocycles. The van der Waals surface area contributed by atoms with Gasteiger partial charge in [0.2, 0.25) is 0 Å². The van der Waals surface area contributed by atoms with Gasteiger partial charge in [0, 0.05) is 35.5 Å². The topological polar surface area (TPSA) is 142 Å². The van der Waals surface area contributed by atoms with Crippen LogP contribution in [-0.2, 0) is 39.6 Å². The minimum absolute atomic E-state index is 0. The van der Waals surface area contributed by atoms with E-state index >= 15 is 0 Å². The first kappa shape index (κ1) is 27.1. The van der Waals surface area contributed by atoms with E-state index in [0.717, 1.165) is 23.4 Å². The number of cyclic esters (lactones) is 1. The Balaban J connectivity index is 0.000000674. The monoisotopic (exact) mass is 517 g/mol. The van der Waals surface area contributed by atoms with Gasteiger partial charge in [0.05, 0.1) is 29.0 Å². The van der Waals surface area contributed by atoms with Crippen LogP contribution in [0, 0.1) is 0 Å². The van der Waals surface area contributed by atoms with Crippen LogP contribution in [0.5, 0.6) is 5.75 Å². The molecule has 1 atom stereocenters. The number of carboxylic acid groups (broad SMARTS) is 1. The summed E-state index contributed by atoms with van der Waals surface area (Å²) in [6.07, 6.45) is 0.104. The van der Waals surface area contributed by atoms with Crippen molar-refractivity contribution in [3.8, 4) is 17.1 Å². The van der Waals surface area contributed by atoms with Gasteiger partial charge in [0.15, 0.2) is 5.60 Å². The van der Waals surface area contributed by atoms with Crippen molar-refractivity contribution in [1.29, 1.82) is 0 Å². The minimum atomic E-state index is -1.84. The molecule has 0 unspecified atom stereocenters. The lowest BCUT2D eigenvalue weighted by Gasteiger charge is -2.31. The number of carbonyl (C=O) groups is 2. The number of hydrogen-bond acceptors (Lipinski definition) is 8. The van der Waals surface area contributed by atoms with Crippen LogP contribution in [-0.4, -0.2) is 55.8 Å². The Labute approximate surface area is 213 Å². The summed E-state index contributed by atoms with van der Waals surface area (Å²) in [5, 5.41) is 29.6. The van der Waals surface area contributed by atoms with Gasteiger partial charge in [0.25, 0.3) is 11.5 Å². The van der Waals surface area contributed by atoms with E-state index in [0.29, 0.717) is 41.1 Å². The van der Waals surface area contributed by atoms with Crippen LogP contribution in [0.15, 0.2) is 29.1 Å². The fourth-order valence-electron chi connectivity index (χ4n) is 4.58. The van der Waals surface area contributed by atoms with Crippen molar-refractivity contribution in [2.45, 2.75) is 45.6 Å². The number of aromatic hydroxyl groups is 1. The van der Waals surface area contributed by atoms with Gasteiger partial charge in [-0.2, -0.15) is 0 Å². The Kier molecular flexibility index (Phi) is 7.45. The van der Waals surface area contributed by atoms with Gasteiger partial charge in [-0.3, -0.25) is 9.59 Å². The average molecular weight is 518 g/mol. The number of aromatic nitrogens is 2. The Morgan fingerprint density at radius 1 is 1.25 bits per heavy atom. The molecule has 2 aliphatic rings. The molecule has 0 saturated carbocycles. The molecule has 3 aromatic rings. The van der Waals surface area contributed by atoms with Crippen molar-refractivity contribution in [3.63, 3.8) is 0 Å². The first-order chi connectivity index (χ1) is 16.5. The van der Waals surface area contributed by atoms with Crippen molar-refractivity contribution >= 4 is 35.2 Å². The number of benzene rings is 1. The molecule has 5 rings (SSSR count). The third-order valence-corrected chi connectivity index (χ3v) is 6.25. The summed E-state index contributed by atoms with van der Waals surface area (Å²) in [6.45, 7) is 3.49. The third kappa shape index (κ3) is 4.43. The summed E-state index contributed by atoms with van der Waals surface area (Å²) >= 11 is 0. The van der Waals surface area contributed by atoms with Gasteiger partial charge in [-0.05, 0) is 44.8 Å². The maximum atomic E-state index is 13.2. The third-order valence-electron chi connectivity index (χ3n) is 6.25. The maximum Gasteiger partial charge on any atom is 0.343 e. The van der Waals surface area contributed by atoms with Crippen molar-refractivity contribution in [3.05, 3.63) is 56.9 Å². The number of pyridine rings is 2. The van der Waals surface area contributed by atoms with Crippen LogP contribution < -0.4 is 5.56 Å². The number of nitrogens with zero attached hydrogens (tertiary/aromatic N) is 3. The van der Waals surface area contributed by atoms with E-state index < -0.39 is 17.5 Å². The molecular weight excluding hydrogens is 490 g/mol. The zero-order valence-corrected chi connectivity index (χ0v) is 21.2. The Bertz CT molecular complexity index is 1430. The molecule has 0 spiro atoms. The van der Waals surface area contributed by atoms with Gasteiger partial charge in [0.1, 0.15) is 12.4 Å². The van der Waals surface area contributed by atoms with Gasteiger partial charge in [-0.25, -0.2) is 9.78 Å². The van der Waals surface area contributed by atoms with Crippen LogP contribution in [0.1, 0.15) is 42.5 Å². The van der Waals surface area contributed by atoms with Gasteiger partial charge >= 0.3 is 5.97 Å². The predicted octanol–water partition coefficient (Wildman–Crippen LogP) is 2.36. The van der Waals surface area contributed by atoms with Gasteiger partial charge in [-0.1, -0.05) is 6.92 Å². The highest BCUT2D eigenvalue weighted by atomic mass is 35.5. The second-order valence-electron chi connectivity index (χ2n) is 8.99. The molecule has 11 heteroatoms. The highest BCUT2D eigenvalue weighted by molar-refractivity contribution is 5.89. The molecule has 36 heavy (non-hydrogen) atoms. The highest BCUT2D eigenvalue weighted by Crippen LogP contribution is 2.39. The van der Waals surface area contributed by atoms with Crippen LogP contribution in [0.25, 0.3) is 22.3 Å². The molecule has 0 aliphatic carbocycles. The lowest BCUT2D eigenvalue weighted by Crippen LogP contribution is -2.44. The predicted molar refractivity (Wildman–Crippen MR) is 134 cm³/mol. The summed E-state index contributed by atoms with van der Waals surface area (Å²) in [7, 11) is 3.86. The molecule has 3 N–H and O–H groups in total. The van der Waals surface area contributed by atoms with E-state index in [1.807, 2.05) is 25.1 Å². The highest BCUT2D eigenvalue weighted by Gasteiger charge is 2.45. The molecule has 0 fully saturated rings. The number of carbonyl (C=O) groups excluding carboxylic acids is 1.